The van der Waals surface area contributed by atoms with Crippen LogP contribution in [0.2, 0.25) is 5.02 Å². The number of amides is 2. The van der Waals surface area contributed by atoms with Crippen LogP contribution < -0.4 is 5.32 Å². The second-order valence-corrected chi connectivity index (χ2v) is 8.58. The smallest absolute Gasteiger partial charge is 0.253 e. The summed E-state index contributed by atoms with van der Waals surface area (Å²) in [5.74, 6) is -0.0667. The Kier molecular flexibility index (Phi) is 9.09. The fourth-order valence-electron chi connectivity index (χ4n) is 4.02. The van der Waals surface area contributed by atoms with Gasteiger partial charge in [-0.15, -0.1) is 0 Å². The molecule has 0 radical (unpaired) electrons. The van der Waals surface area contributed by atoms with Gasteiger partial charge in [0.05, 0.1) is 6.54 Å². The fraction of sp³-hybridized carbons (Fsp3) is 0.440. The molecule has 1 heterocycles. The lowest BCUT2D eigenvalue weighted by Gasteiger charge is -2.22. The fourth-order valence-corrected chi connectivity index (χ4v) is 4.14. The Bertz CT molecular complexity index is 899. The van der Waals surface area contributed by atoms with Crippen LogP contribution >= 0.6 is 11.6 Å². The summed E-state index contributed by atoms with van der Waals surface area (Å²) >= 11 is 5.98. The number of benzene rings is 2. The summed E-state index contributed by atoms with van der Waals surface area (Å²) in [6.07, 6.45) is 1.02. The van der Waals surface area contributed by atoms with Crippen molar-refractivity contribution in [2.24, 2.45) is 0 Å². The van der Waals surface area contributed by atoms with Crippen molar-refractivity contribution in [3.05, 3.63) is 64.7 Å². The molecule has 1 N–H and O–H groups in total. The van der Waals surface area contributed by atoms with E-state index < -0.39 is 0 Å². The summed E-state index contributed by atoms with van der Waals surface area (Å²) in [7, 11) is 0. The van der Waals surface area contributed by atoms with E-state index in [2.05, 4.69) is 27.2 Å². The van der Waals surface area contributed by atoms with E-state index in [1.165, 1.54) is 5.56 Å². The minimum absolute atomic E-state index is 0.0144. The van der Waals surface area contributed by atoms with E-state index in [9.17, 15) is 9.59 Å². The van der Waals surface area contributed by atoms with E-state index in [1.54, 1.807) is 17.0 Å². The molecule has 0 aliphatic carbocycles. The molecule has 0 aromatic heterocycles. The lowest BCUT2D eigenvalue weighted by atomic mass is 10.1. The third-order valence-electron chi connectivity index (χ3n) is 5.81. The third kappa shape index (κ3) is 7.05. The summed E-state index contributed by atoms with van der Waals surface area (Å²) in [6.45, 7) is 10.2. The summed E-state index contributed by atoms with van der Waals surface area (Å²) in [6, 6.07) is 15.2. The third-order valence-corrected chi connectivity index (χ3v) is 6.06. The minimum Gasteiger partial charge on any atom is -0.339 e. The first kappa shape index (κ1) is 24.2. The van der Waals surface area contributed by atoms with Crippen LogP contribution in [0.25, 0.3) is 0 Å². The van der Waals surface area contributed by atoms with E-state index in [0.29, 0.717) is 30.9 Å². The van der Waals surface area contributed by atoms with E-state index in [1.807, 2.05) is 38.1 Å². The Morgan fingerprint density at radius 2 is 1.66 bits per heavy atom. The van der Waals surface area contributed by atoms with Gasteiger partial charge in [-0.05, 0) is 69.3 Å². The van der Waals surface area contributed by atoms with Crippen molar-refractivity contribution in [1.82, 2.24) is 14.7 Å². The van der Waals surface area contributed by atoms with Gasteiger partial charge in [-0.2, -0.15) is 0 Å². The standard InChI is InChI=1S/C25H33ClN4O2/c1-3-30(4-2)25(32)21-7-5-8-23(17-21)27-24(31)19-29-14-6-13-28(15-16-29)18-20-9-11-22(26)12-10-20/h5,7-12,17H,3-4,6,13-16,18-19H2,1-2H3,(H,27,31). The van der Waals surface area contributed by atoms with Crippen molar-refractivity contribution in [2.75, 3.05) is 51.1 Å². The molecular formula is C25H33ClN4O2. The number of anilines is 1. The molecule has 2 aromatic carbocycles. The average molecular weight is 457 g/mol. The number of carbonyl (C=O) groups excluding carboxylic acids is 2. The van der Waals surface area contributed by atoms with Crippen LogP contribution in [0.1, 0.15) is 36.2 Å². The van der Waals surface area contributed by atoms with Gasteiger partial charge in [0, 0.05) is 49.0 Å². The molecule has 0 unspecified atom stereocenters. The highest BCUT2D eigenvalue weighted by atomic mass is 35.5. The first-order chi connectivity index (χ1) is 15.5. The maximum absolute atomic E-state index is 12.7. The SMILES string of the molecule is CCN(CC)C(=O)c1cccc(NC(=O)CN2CCCN(Cc3ccc(Cl)cc3)CC2)c1. The molecule has 2 amide bonds. The quantitative estimate of drug-likeness (QED) is 0.653. The number of halogens is 1. The number of nitrogens with one attached hydrogen (secondary N) is 1. The van der Waals surface area contributed by atoms with E-state index in [4.69, 9.17) is 11.6 Å². The Labute approximate surface area is 196 Å². The molecule has 1 saturated heterocycles. The molecule has 7 heteroatoms. The van der Waals surface area contributed by atoms with Gasteiger partial charge in [0.1, 0.15) is 0 Å². The van der Waals surface area contributed by atoms with Crippen LogP contribution in [0, 0.1) is 0 Å². The first-order valence-electron chi connectivity index (χ1n) is 11.4. The van der Waals surface area contributed by atoms with Crippen LogP contribution in [0.4, 0.5) is 5.69 Å². The number of rotatable bonds is 8. The molecular weight excluding hydrogens is 424 g/mol. The lowest BCUT2D eigenvalue weighted by molar-refractivity contribution is -0.117. The van der Waals surface area contributed by atoms with Crippen LogP contribution in [-0.2, 0) is 11.3 Å². The highest BCUT2D eigenvalue weighted by Gasteiger charge is 2.18. The number of hydrogen-bond donors (Lipinski definition) is 1. The summed E-state index contributed by atoms with van der Waals surface area (Å²) in [4.78, 5) is 31.6. The van der Waals surface area contributed by atoms with Crippen molar-refractivity contribution in [1.29, 1.82) is 0 Å². The molecule has 1 aliphatic heterocycles. The maximum Gasteiger partial charge on any atom is 0.253 e. The van der Waals surface area contributed by atoms with Gasteiger partial charge in [0.15, 0.2) is 0 Å². The predicted octanol–water partition coefficient (Wildman–Crippen LogP) is 3.97. The van der Waals surface area contributed by atoms with Crippen molar-refractivity contribution in [2.45, 2.75) is 26.8 Å². The molecule has 3 rings (SSSR count). The second-order valence-electron chi connectivity index (χ2n) is 8.14. The molecule has 2 aromatic rings. The maximum atomic E-state index is 12.7. The van der Waals surface area contributed by atoms with E-state index in [0.717, 1.165) is 44.2 Å². The molecule has 1 aliphatic rings. The molecule has 1 fully saturated rings. The Balaban J connectivity index is 1.50. The molecule has 32 heavy (non-hydrogen) atoms. The van der Waals surface area contributed by atoms with Gasteiger partial charge in [0.25, 0.3) is 5.91 Å². The van der Waals surface area contributed by atoms with Crippen molar-refractivity contribution < 1.29 is 9.59 Å². The van der Waals surface area contributed by atoms with Crippen molar-refractivity contribution in [3.8, 4) is 0 Å². The highest BCUT2D eigenvalue weighted by molar-refractivity contribution is 6.30. The van der Waals surface area contributed by atoms with Gasteiger partial charge in [-0.25, -0.2) is 0 Å². The van der Waals surface area contributed by atoms with Gasteiger partial charge < -0.3 is 10.2 Å². The number of hydrogen-bond acceptors (Lipinski definition) is 4. The summed E-state index contributed by atoms with van der Waals surface area (Å²) < 4.78 is 0. The number of nitrogens with zero attached hydrogens (tertiary/aromatic N) is 3. The van der Waals surface area contributed by atoms with Crippen molar-refractivity contribution >= 4 is 29.1 Å². The van der Waals surface area contributed by atoms with Crippen molar-refractivity contribution in [3.63, 3.8) is 0 Å². The topological polar surface area (TPSA) is 55.9 Å². The van der Waals surface area contributed by atoms with Crippen LogP contribution in [-0.4, -0.2) is 72.3 Å². The lowest BCUT2D eigenvalue weighted by Crippen LogP contribution is -2.36. The molecule has 6 nitrogen and oxygen atoms in total. The van der Waals surface area contributed by atoms with Gasteiger partial charge in [0.2, 0.25) is 5.91 Å². The van der Waals surface area contributed by atoms with E-state index >= 15 is 0 Å². The number of carbonyl (C=O) groups is 2. The largest absolute Gasteiger partial charge is 0.339 e. The molecule has 0 spiro atoms. The highest BCUT2D eigenvalue weighted by Crippen LogP contribution is 2.15. The molecule has 0 bridgehead atoms. The van der Waals surface area contributed by atoms with Gasteiger partial charge in [-0.3, -0.25) is 19.4 Å². The Morgan fingerprint density at radius 3 is 2.38 bits per heavy atom. The van der Waals surface area contributed by atoms with Gasteiger partial charge in [-0.1, -0.05) is 29.8 Å². The molecule has 172 valence electrons. The average Bonchev–Trinajstić information content (AvgIpc) is 3.01. The van der Waals surface area contributed by atoms with Crippen LogP contribution in [0.15, 0.2) is 48.5 Å². The molecule has 0 saturated carbocycles. The predicted molar refractivity (Wildman–Crippen MR) is 130 cm³/mol. The summed E-state index contributed by atoms with van der Waals surface area (Å²) in [5, 5.41) is 3.71. The van der Waals surface area contributed by atoms with E-state index in [-0.39, 0.29) is 11.8 Å². The monoisotopic (exact) mass is 456 g/mol. The zero-order valence-electron chi connectivity index (χ0n) is 19.0. The minimum atomic E-state index is -0.0522. The zero-order chi connectivity index (χ0) is 22.9. The summed E-state index contributed by atoms with van der Waals surface area (Å²) in [5.41, 5.74) is 2.51. The first-order valence-corrected chi connectivity index (χ1v) is 11.7. The second kappa shape index (κ2) is 12.0. The van der Waals surface area contributed by atoms with Crippen LogP contribution in [0.5, 0.6) is 0 Å². The Morgan fingerprint density at radius 1 is 0.969 bits per heavy atom. The zero-order valence-corrected chi connectivity index (χ0v) is 19.8. The van der Waals surface area contributed by atoms with Gasteiger partial charge >= 0.3 is 0 Å². The Hall–Kier alpha value is -2.41. The molecule has 0 atom stereocenters. The normalized spacial score (nSPS) is 15.2. The van der Waals surface area contributed by atoms with Crippen LogP contribution in [0.3, 0.4) is 0 Å².